The summed E-state index contributed by atoms with van der Waals surface area (Å²) in [6.07, 6.45) is 6.32. The van der Waals surface area contributed by atoms with Gasteiger partial charge >= 0.3 is 5.97 Å². The summed E-state index contributed by atoms with van der Waals surface area (Å²) in [5, 5.41) is 13.5. The number of cyclic esters (lactones) is 1. The van der Waals surface area contributed by atoms with E-state index in [4.69, 9.17) is 14.2 Å². The van der Waals surface area contributed by atoms with Gasteiger partial charge < -0.3 is 34.4 Å². The summed E-state index contributed by atoms with van der Waals surface area (Å²) in [7, 11) is 1.51. The van der Waals surface area contributed by atoms with Crippen LogP contribution in [0.15, 0.2) is 54.6 Å². The molecular weight excluding hydrogens is 590 g/mol. The van der Waals surface area contributed by atoms with Gasteiger partial charge in [0.15, 0.2) is 0 Å². The number of likely N-dealkylation sites (tertiary alicyclic amines) is 1. The smallest absolute Gasteiger partial charge is 0.313 e. The number of fused-ring (bicyclic) bond motifs is 2. The predicted octanol–water partition coefficient (Wildman–Crippen LogP) is 2.55. The van der Waals surface area contributed by atoms with Crippen LogP contribution in [0.5, 0.6) is 0 Å². The van der Waals surface area contributed by atoms with Crippen molar-refractivity contribution in [1.29, 1.82) is 0 Å². The quantitative estimate of drug-likeness (QED) is 0.328. The van der Waals surface area contributed by atoms with Crippen molar-refractivity contribution in [2.45, 2.75) is 88.9 Å². The summed E-state index contributed by atoms with van der Waals surface area (Å²) in [6.45, 7) is 7.88. The third-order valence-electron chi connectivity index (χ3n) is 9.50. The highest BCUT2D eigenvalue weighted by Crippen LogP contribution is 2.54. The zero-order valence-electron chi connectivity index (χ0n) is 27.3. The molecule has 0 radical (unpaired) electrons. The van der Waals surface area contributed by atoms with E-state index >= 15 is 0 Å². The van der Waals surface area contributed by atoms with Gasteiger partial charge in [-0.3, -0.25) is 19.2 Å². The SMILES string of the molecule is COC[C@@H]1NC(=O)CC/C=C\[C@@H]2O[C@@]34C=CCN(C(C)C)C(=O)[C@@H]3N([C@@H](CO)CC(C)C)C(=O)[C@H]4[C@@H]2C(=O)O[C@H]1c1ccccc1. The standard InChI is InChI=1S/C35H47N3O8/c1-21(2)18-24(19-39)38-31-33(42)37(22(3)4)17-11-16-35(31)29(32(38)41)28-26(46-35)14-9-10-15-27(40)36-25(20-44-5)30(45-34(28)43)23-12-7-6-8-13-23/h6-9,11-14,16,21-22,24-26,28-31,39H,10,15,17-20H2,1-5H3,(H,36,40)/b14-9-/t24-,25+,26+,28-,29-,30+,31+,35-/m1/s1. The summed E-state index contributed by atoms with van der Waals surface area (Å²) in [4.78, 5) is 59.8. The van der Waals surface area contributed by atoms with Gasteiger partial charge in [-0.1, -0.05) is 68.5 Å². The van der Waals surface area contributed by atoms with Crippen molar-refractivity contribution >= 4 is 23.7 Å². The molecule has 0 aliphatic carbocycles. The van der Waals surface area contributed by atoms with Crippen molar-refractivity contribution in [2.75, 3.05) is 26.9 Å². The highest BCUT2D eigenvalue weighted by Gasteiger charge is 2.72. The van der Waals surface area contributed by atoms with Crippen molar-refractivity contribution < 1.29 is 38.5 Å². The first-order chi connectivity index (χ1) is 22.0. The van der Waals surface area contributed by atoms with Crippen molar-refractivity contribution in [1.82, 2.24) is 15.1 Å². The molecule has 4 aliphatic rings. The van der Waals surface area contributed by atoms with Crippen LogP contribution >= 0.6 is 0 Å². The molecule has 5 rings (SSSR count). The fourth-order valence-electron chi connectivity index (χ4n) is 7.52. The van der Waals surface area contributed by atoms with E-state index in [0.717, 1.165) is 0 Å². The van der Waals surface area contributed by atoms with E-state index in [1.807, 2.05) is 64.1 Å². The number of methoxy groups -OCH3 is 1. The second-order valence-electron chi connectivity index (χ2n) is 13.4. The Labute approximate surface area is 270 Å². The van der Waals surface area contributed by atoms with Gasteiger partial charge in [0.05, 0.1) is 37.3 Å². The molecule has 250 valence electrons. The molecule has 1 aromatic rings. The minimum absolute atomic E-state index is 0.0802. The van der Waals surface area contributed by atoms with Crippen molar-refractivity contribution in [3.05, 3.63) is 60.2 Å². The molecule has 0 bridgehead atoms. The Bertz CT molecular complexity index is 1350. The number of aliphatic hydroxyl groups is 1. The maximum Gasteiger partial charge on any atom is 0.313 e. The number of hydrogen-bond acceptors (Lipinski definition) is 8. The van der Waals surface area contributed by atoms with E-state index in [2.05, 4.69) is 5.32 Å². The van der Waals surface area contributed by atoms with Crippen LogP contribution in [-0.2, 0) is 33.4 Å². The number of nitrogens with one attached hydrogen (secondary N) is 1. The molecular formula is C35H47N3O8. The Morgan fingerprint density at radius 3 is 2.46 bits per heavy atom. The highest BCUT2D eigenvalue weighted by molar-refractivity contribution is 5.99. The number of rotatable bonds is 8. The first-order valence-corrected chi connectivity index (χ1v) is 16.3. The Kier molecular flexibility index (Phi) is 10.3. The predicted molar refractivity (Wildman–Crippen MR) is 169 cm³/mol. The fraction of sp³-hybridized carbons (Fsp3) is 0.600. The number of nitrogens with zero attached hydrogens (tertiary/aromatic N) is 2. The molecule has 0 saturated carbocycles. The van der Waals surface area contributed by atoms with Gasteiger partial charge in [-0.15, -0.1) is 0 Å². The lowest BCUT2D eigenvalue weighted by Gasteiger charge is -2.39. The number of carbonyl (C=O) groups is 4. The van der Waals surface area contributed by atoms with Gasteiger partial charge in [0.1, 0.15) is 23.7 Å². The molecule has 11 nitrogen and oxygen atoms in total. The fourth-order valence-corrected chi connectivity index (χ4v) is 7.52. The van der Waals surface area contributed by atoms with E-state index in [1.54, 1.807) is 23.1 Å². The summed E-state index contributed by atoms with van der Waals surface area (Å²) in [5.41, 5.74) is -0.814. The van der Waals surface area contributed by atoms with Gasteiger partial charge in [-0.25, -0.2) is 0 Å². The lowest BCUT2D eigenvalue weighted by atomic mass is 9.77. The second-order valence-corrected chi connectivity index (χ2v) is 13.4. The molecule has 0 aromatic heterocycles. The summed E-state index contributed by atoms with van der Waals surface area (Å²) < 4.78 is 18.5. The summed E-state index contributed by atoms with van der Waals surface area (Å²) >= 11 is 0. The number of hydrogen-bond donors (Lipinski definition) is 2. The molecule has 1 aromatic carbocycles. The third-order valence-corrected chi connectivity index (χ3v) is 9.50. The molecule has 2 saturated heterocycles. The zero-order valence-corrected chi connectivity index (χ0v) is 27.3. The molecule has 8 atom stereocenters. The van der Waals surface area contributed by atoms with Crippen LogP contribution in [0.25, 0.3) is 0 Å². The Morgan fingerprint density at radius 2 is 1.80 bits per heavy atom. The van der Waals surface area contributed by atoms with Crippen LogP contribution in [0, 0.1) is 17.8 Å². The zero-order chi connectivity index (χ0) is 33.2. The van der Waals surface area contributed by atoms with E-state index in [0.29, 0.717) is 24.9 Å². The molecule has 1 spiro atoms. The lowest BCUT2D eigenvalue weighted by molar-refractivity contribution is -0.163. The van der Waals surface area contributed by atoms with Crippen molar-refractivity contribution in [3.8, 4) is 0 Å². The van der Waals surface area contributed by atoms with Gasteiger partial charge in [-0.05, 0) is 38.2 Å². The van der Waals surface area contributed by atoms with Gasteiger partial charge in [0, 0.05) is 26.1 Å². The molecule has 11 heteroatoms. The molecule has 4 aliphatic heterocycles. The monoisotopic (exact) mass is 637 g/mol. The van der Waals surface area contributed by atoms with Crippen LogP contribution in [0.2, 0.25) is 0 Å². The minimum atomic E-state index is -1.47. The number of carbonyl (C=O) groups excluding carboxylic acids is 4. The van der Waals surface area contributed by atoms with Crippen LogP contribution in [0.4, 0.5) is 0 Å². The first-order valence-electron chi connectivity index (χ1n) is 16.3. The molecule has 2 N–H and O–H groups in total. The topological polar surface area (TPSA) is 135 Å². The molecule has 4 heterocycles. The van der Waals surface area contributed by atoms with Gasteiger partial charge in [0.25, 0.3) is 0 Å². The average molecular weight is 638 g/mol. The largest absolute Gasteiger partial charge is 0.455 e. The van der Waals surface area contributed by atoms with Crippen LogP contribution < -0.4 is 5.32 Å². The number of esters is 1. The molecule has 3 amide bonds. The number of benzene rings is 1. The van der Waals surface area contributed by atoms with Crippen LogP contribution in [-0.4, -0.2) is 101 Å². The molecule has 0 unspecified atom stereocenters. The van der Waals surface area contributed by atoms with E-state index < -0.39 is 59.6 Å². The Hall–Kier alpha value is -3.54. The highest BCUT2D eigenvalue weighted by atomic mass is 16.6. The average Bonchev–Trinajstić information content (AvgIpc) is 3.41. The Morgan fingerprint density at radius 1 is 1.07 bits per heavy atom. The maximum absolute atomic E-state index is 14.7. The van der Waals surface area contributed by atoms with Crippen LogP contribution in [0.1, 0.15) is 58.6 Å². The summed E-state index contributed by atoms with van der Waals surface area (Å²) in [5.74, 6) is -3.65. The lowest BCUT2D eigenvalue weighted by Crippen LogP contribution is -2.59. The minimum Gasteiger partial charge on any atom is -0.455 e. The van der Waals surface area contributed by atoms with Crippen molar-refractivity contribution in [2.24, 2.45) is 17.8 Å². The number of amides is 3. The van der Waals surface area contributed by atoms with Gasteiger partial charge in [0.2, 0.25) is 17.7 Å². The summed E-state index contributed by atoms with van der Waals surface area (Å²) in [6, 6.07) is 6.51. The molecule has 2 fully saturated rings. The Balaban J connectivity index is 1.64. The van der Waals surface area contributed by atoms with Crippen LogP contribution in [0.3, 0.4) is 0 Å². The van der Waals surface area contributed by atoms with E-state index in [-0.39, 0.29) is 43.4 Å². The first kappa shape index (κ1) is 33.8. The van der Waals surface area contributed by atoms with Crippen molar-refractivity contribution in [3.63, 3.8) is 0 Å². The normalized spacial score (nSPS) is 33.0. The number of aliphatic hydroxyl groups excluding tert-OH is 1. The number of allylic oxidation sites excluding steroid dienone is 1. The van der Waals surface area contributed by atoms with E-state index in [9.17, 15) is 24.3 Å². The number of ether oxygens (including phenoxy) is 3. The van der Waals surface area contributed by atoms with E-state index in [1.165, 1.54) is 12.0 Å². The maximum atomic E-state index is 14.7. The second kappa shape index (κ2) is 14.1. The van der Waals surface area contributed by atoms with Gasteiger partial charge in [-0.2, -0.15) is 0 Å². The molecule has 46 heavy (non-hydrogen) atoms. The third kappa shape index (κ3) is 6.24.